The Morgan fingerprint density at radius 3 is 3.07 bits per heavy atom. The number of carbonyl (C=O) groups is 2. The highest BCUT2D eigenvalue weighted by Crippen LogP contribution is 2.16. The van der Waals surface area contributed by atoms with Crippen molar-refractivity contribution in [1.29, 1.82) is 0 Å². The van der Waals surface area contributed by atoms with Gasteiger partial charge in [-0.1, -0.05) is 0 Å². The molecule has 0 aromatic carbocycles. The van der Waals surface area contributed by atoms with E-state index in [-0.39, 0.29) is 11.8 Å². The average Bonchev–Trinajstić information content (AvgIpc) is 2.20. The number of hydrogen-bond donors (Lipinski definition) is 2. The second-order valence-corrected chi connectivity index (χ2v) is 3.50. The van der Waals surface area contributed by atoms with E-state index in [0.29, 0.717) is 6.42 Å². The highest BCUT2D eigenvalue weighted by Gasteiger charge is 2.27. The van der Waals surface area contributed by atoms with Crippen molar-refractivity contribution in [3.8, 4) is 0 Å². The average molecular weight is 200 g/mol. The number of nitrogens with one attached hydrogen (secondary N) is 1. The zero-order valence-electron chi connectivity index (χ0n) is 8.29. The lowest BCUT2D eigenvalue weighted by molar-refractivity contribution is -0.142. The molecule has 0 aliphatic carbocycles. The second-order valence-electron chi connectivity index (χ2n) is 3.50. The minimum Gasteiger partial charge on any atom is -0.468 e. The first-order valence-corrected chi connectivity index (χ1v) is 4.76. The maximum Gasteiger partial charge on any atom is 0.322 e. The molecule has 14 heavy (non-hydrogen) atoms. The van der Waals surface area contributed by atoms with Gasteiger partial charge >= 0.3 is 5.97 Å². The van der Waals surface area contributed by atoms with Crippen LogP contribution in [0.3, 0.4) is 0 Å². The van der Waals surface area contributed by atoms with Crippen LogP contribution < -0.4 is 11.1 Å². The Balaban J connectivity index is 2.42. The lowest BCUT2D eigenvalue weighted by Crippen LogP contribution is -2.42. The van der Waals surface area contributed by atoms with E-state index in [1.165, 1.54) is 7.11 Å². The number of piperidine rings is 1. The zero-order chi connectivity index (χ0) is 10.6. The molecule has 0 aromatic rings. The van der Waals surface area contributed by atoms with Gasteiger partial charge in [-0.15, -0.1) is 0 Å². The van der Waals surface area contributed by atoms with Gasteiger partial charge in [0.1, 0.15) is 6.04 Å². The molecule has 5 nitrogen and oxygen atoms in total. The summed E-state index contributed by atoms with van der Waals surface area (Å²) in [4.78, 5) is 22.3. The molecule has 1 aliphatic heterocycles. The van der Waals surface area contributed by atoms with Gasteiger partial charge in [0.15, 0.2) is 0 Å². The molecule has 0 radical (unpaired) electrons. The molecule has 0 bridgehead atoms. The first kappa shape index (κ1) is 11.0. The van der Waals surface area contributed by atoms with E-state index in [9.17, 15) is 9.59 Å². The molecular formula is C9H16N2O3. The van der Waals surface area contributed by atoms with Crippen LogP contribution in [0, 0.1) is 5.92 Å². The van der Waals surface area contributed by atoms with Crippen LogP contribution in [0.1, 0.15) is 19.3 Å². The second kappa shape index (κ2) is 4.95. The minimum atomic E-state index is -0.686. The van der Waals surface area contributed by atoms with Crippen LogP contribution >= 0.6 is 0 Å². The molecule has 0 unspecified atom stereocenters. The predicted molar refractivity (Wildman–Crippen MR) is 50.3 cm³/mol. The summed E-state index contributed by atoms with van der Waals surface area (Å²) in [6.45, 7) is 0.725. The van der Waals surface area contributed by atoms with Gasteiger partial charge in [-0.05, 0) is 19.3 Å². The Labute approximate surface area is 83.0 Å². The molecule has 1 saturated heterocycles. The third-order valence-corrected chi connectivity index (χ3v) is 2.44. The van der Waals surface area contributed by atoms with Crippen molar-refractivity contribution in [3.63, 3.8) is 0 Å². The van der Waals surface area contributed by atoms with Crippen molar-refractivity contribution in [2.45, 2.75) is 25.3 Å². The summed E-state index contributed by atoms with van der Waals surface area (Å²) in [6, 6.07) is -0.686. The van der Waals surface area contributed by atoms with Crippen LogP contribution in [0.2, 0.25) is 0 Å². The number of rotatable bonds is 3. The summed E-state index contributed by atoms with van der Waals surface area (Å²) in [5, 5.41) is 2.75. The Morgan fingerprint density at radius 2 is 2.50 bits per heavy atom. The molecule has 0 spiro atoms. The number of methoxy groups -OCH3 is 1. The molecule has 1 heterocycles. The molecule has 3 N–H and O–H groups in total. The van der Waals surface area contributed by atoms with Crippen molar-refractivity contribution in [3.05, 3.63) is 0 Å². The fraction of sp³-hybridized carbons (Fsp3) is 0.778. The van der Waals surface area contributed by atoms with Gasteiger partial charge in [-0.2, -0.15) is 0 Å². The van der Waals surface area contributed by atoms with E-state index in [2.05, 4.69) is 10.1 Å². The van der Waals surface area contributed by atoms with E-state index in [4.69, 9.17) is 5.73 Å². The summed E-state index contributed by atoms with van der Waals surface area (Å²) in [7, 11) is 1.29. The van der Waals surface area contributed by atoms with Crippen LogP contribution in [-0.4, -0.2) is 31.6 Å². The molecule has 0 aromatic heterocycles. The van der Waals surface area contributed by atoms with E-state index < -0.39 is 12.0 Å². The van der Waals surface area contributed by atoms with Gasteiger partial charge in [-0.25, -0.2) is 0 Å². The maximum absolute atomic E-state index is 11.3. The van der Waals surface area contributed by atoms with Crippen molar-refractivity contribution in [2.75, 3.05) is 13.7 Å². The smallest absolute Gasteiger partial charge is 0.322 e. The van der Waals surface area contributed by atoms with Crippen LogP contribution in [0.25, 0.3) is 0 Å². The Morgan fingerprint density at radius 1 is 1.79 bits per heavy atom. The van der Waals surface area contributed by atoms with Crippen LogP contribution in [0.5, 0.6) is 0 Å². The maximum atomic E-state index is 11.3. The van der Waals surface area contributed by atoms with Crippen LogP contribution in [0.15, 0.2) is 0 Å². The molecule has 1 amide bonds. The Hall–Kier alpha value is -1.10. The summed E-state index contributed by atoms with van der Waals surface area (Å²) in [5.74, 6) is -0.600. The summed E-state index contributed by atoms with van der Waals surface area (Å²) >= 11 is 0. The van der Waals surface area contributed by atoms with Crippen molar-refractivity contribution in [2.24, 2.45) is 11.7 Å². The molecular weight excluding hydrogens is 184 g/mol. The number of amides is 1. The Bertz CT molecular complexity index is 230. The highest BCUT2D eigenvalue weighted by molar-refractivity contribution is 5.81. The largest absolute Gasteiger partial charge is 0.468 e. The summed E-state index contributed by atoms with van der Waals surface area (Å²) < 4.78 is 4.49. The first-order valence-electron chi connectivity index (χ1n) is 4.76. The van der Waals surface area contributed by atoms with Gasteiger partial charge in [0, 0.05) is 12.5 Å². The fourth-order valence-electron chi connectivity index (χ4n) is 1.61. The van der Waals surface area contributed by atoms with Gasteiger partial charge in [0.05, 0.1) is 7.11 Å². The number of hydrogen-bond acceptors (Lipinski definition) is 4. The first-order chi connectivity index (χ1) is 6.65. The van der Waals surface area contributed by atoms with Gasteiger partial charge in [0.2, 0.25) is 5.91 Å². The third kappa shape index (κ3) is 2.70. The predicted octanol–water partition coefficient (Wildman–Crippen LogP) is -0.597. The lowest BCUT2D eigenvalue weighted by atomic mass is 9.92. The van der Waals surface area contributed by atoms with Gasteiger partial charge in [-0.3, -0.25) is 9.59 Å². The molecule has 0 saturated carbocycles. The molecule has 5 heteroatoms. The number of carbonyl (C=O) groups excluding carboxylic acids is 2. The van der Waals surface area contributed by atoms with Gasteiger partial charge < -0.3 is 15.8 Å². The lowest BCUT2D eigenvalue weighted by Gasteiger charge is -2.23. The van der Waals surface area contributed by atoms with E-state index in [0.717, 1.165) is 19.4 Å². The van der Waals surface area contributed by atoms with E-state index in [1.54, 1.807) is 0 Å². The van der Waals surface area contributed by atoms with Crippen molar-refractivity contribution >= 4 is 11.9 Å². The standard InChI is InChI=1S/C9H16N2O3/c1-14-9(13)7(10)5-6-3-2-4-11-8(6)12/h6-7H,2-5,10H2,1H3,(H,11,12)/t6-,7-/m0/s1. The summed E-state index contributed by atoms with van der Waals surface area (Å²) in [6.07, 6.45) is 2.12. The number of ether oxygens (including phenoxy) is 1. The zero-order valence-corrected chi connectivity index (χ0v) is 8.29. The van der Waals surface area contributed by atoms with Crippen molar-refractivity contribution in [1.82, 2.24) is 5.32 Å². The monoisotopic (exact) mass is 200 g/mol. The molecule has 80 valence electrons. The fourth-order valence-corrected chi connectivity index (χ4v) is 1.61. The van der Waals surface area contributed by atoms with E-state index in [1.807, 2.05) is 0 Å². The van der Waals surface area contributed by atoms with Crippen LogP contribution in [-0.2, 0) is 14.3 Å². The molecule has 1 aliphatic rings. The van der Waals surface area contributed by atoms with Crippen LogP contribution in [0.4, 0.5) is 0 Å². The normalized spacial score (nSPS) is 23.9. The molecule has 2 atom stereocenters. The summed E-state index contributed by atoms with van der Waals surface area (Å²) in [5.41, 5.74) is 5.57. The quantitative estimate of drug-likeness (QED) is 0.596. The minimum absolute atomic E-state index is 0.00407. The van der Waals surface area contributed by atoms with Crippen molar-refractivity contribution < 1.29 is 14.3 Å². The number of nitrogens with two attached hydrogens (primary N) is 1. The molecule has 1 rings (SSSR count). The third-order valence-electron chi connectivity index (χ3n) is 2.44. The SMILES string of the molecule is COC(=O)[C@@H](N)C[C@@H]1CCCNC1=O. The number of esters is 1. The highest BCUT2D eigenvalue weighted by atomic mass is 16.5. The Kier molecular flexibility index (Phi) is 3.88. The van der Waals surface area contributed by atoms with E-state index >= 15 is 0 Å². The molecule has 1 fully saturated rings. The van der Waals surface area contributed by atoms with Gasteiger partial charge in [0.25, 0.3) is 0 Å². The topological polar surface area (TPSA) is 81.4 Å².